The van der Waals surface area contributed by atoms with Gasteiger partial charge in [-0.25, -0.2) is 8.78 Å². The van der Waals surface area contributed by atoms with Crippen LogP contribution in [0.5, 0.6) is 0 Å². The van der Waals surface area contributed by atoms with Crippen LogP contribution in [0.25, 0.3) is 0 Å². The number of halogens is 2. The van der Waals surface area contributed by atoms with E-state index in [0.29, 0.717) is 0 Å². The second kappa shape index (κ2) is 2.68. The van der Waals surface area contributed by atoms with Crippen LogP contribution in [0, 0.1) is 5.41 Å². The molecule has 2 nitrogen and oxygen atoms in total. The summed E-state index contributed by atoms with van der Waals surface area (Å²) in [6.45, 7) is 1.65. The first-order chi connectivity index (χ1) is 5.42. The number of hydrogen-bond acceptors (Lipinski definition) is 1. The fourth-order valence-electron chi connectivity index (χ4n) is 1.73. The van der Waals surface area contributed by atoms with E-state index in [2.05, 4.69) is 0 Å². The van der Waals surface area contributed by atoms with Crippen molar-refractivity contribution in [3.8, 4) is 0 Å². The lowest BCUT2D eigenvalue weighted by molar-refractivity contribution is -0.150. The van der Waals surface area contributed by atoms with Crippen molar-refractivity contribution in [1.29, 1.82) is 0 Å². The van der Waals surface area contributed by atoms with Crippen molar-refractivity contribution in [1.82, 2.24) is 0 Å². The van der Waals surface area contributed by atoms with Crippen molar-refractivity contribution < 1.29 is 18.7 Å². The van der Waals surface area contributed by atoms with Gasteiger partial charge >= 0.3 is 5.97 Å². The third kappa shape index (κ3) is 1.42. The van der Waals surface area contributed by atoms with E-state index in [-0.39, 0.29) is 19.3 Å². The van der Waals surface area contributed by atoms with E-state index in [1.807, 2.05) is 0 Å². The Morgan fingerprint density at radius 3 is 2.25 bits per heavy atom. The first-order valence-corrected chi connectivity index (χ1v) is 4.03. The minimum atomic E-state index is -2.77. The van der Waals surface area contributed by atoms with Crippen LogP contribution in [-0.4, -0.2) is 17.0 Å². The fourth-order valence-corrected chi connectivity index (χ4v) is 1.73. The third-order valence-corrected chi connectivity index (χ3v) is 2.70. The molecule has 0 aromatic carbocycles. The molecule has 0 heterocycles. The van der Waals surface area contributed by atoms with Gasteiger partial charge in [-0.1, -0.05) is 6.92 Å². The molecule has 4 heteroatoms. The van der Waals surface area contributed by atoms with Gasteiger partial charge in [0.25, 0.3) is 0 Å². The Kier molecular flexibility index (Phi) is 2.10. The summed E-state index contributed by atoms with van der Waals surface area (Å²) in [7, 11) is 0. The van der Waals surface area contributed by atoms with Gasteiger partial charge in [-0.2, -0.15) is 0 Å². The summed E-state index contributed by atoms with van der Waals surface area (Å²) >= 11 is 0. The first-order valence-electron chi connectivity index (χ1n) is 4.03. The number of alkyl halides is 2. The van der Waals surface area contributed by atoms with Crippen molar-refractivity contribution >= 4 is 5.97 Å². The van der Waals surface area contributed by atoms with Crippen LogP contribution in [0.1, 0.15) is 32.6 Å². The second-order valence-electron chi connectivity index (χ2n) is 3.47. The zero-order chi connectivity index (χ0) is 9.41. The molecule has 1 unspecified atom stereocenters. The average Bonchev–Trinajstić information content (AvgIpc) is 2.27. The molecule has 1 rings (SSSR count). The van der Waals surface area contributed by atoms with Crippen LogP contribution in [0.4, 0.5) is 8.78 Å². The normalized spacial score (nSPS) is 33.6. The van der Waals surface area contributed by atoms with E-state index in [1.54, 1.807) is 6.92 Å². The lowest BCUT2D eigenvalue weighted by atomic mass is 9.83. The van der Waals surface area contributed by atoms with Gasteiger partial charge in [-0.05, 0) is 12.8 Å². The predicted molar refractivity (Wildman–Crippen MR) is 39.2 cm³/mol. The molecule has 0 radical (unpaired) electrons. The van der Waals surface area contributed by atoms with Crippen LogP contribution in [-0.2, 0) is 4.79 Å². The first kappa shape index (κ1) is 9.42. The topological polar surface area (TPSA) is 37.3 Å². The molecule has 0 saturated heterocycles. The largest absolute Gasteiger partial charge is 0.481 e. The van der Waals surface area contributed by atoms with Gasteiger partial charge in [0.15, 0.2) is 0 Å². The molecule has 1 aliphatic carbocycles. The number of carbonyl (C=O) groups is 1. The molecule has 1 atom stereocenters. The molecule has 1 fully saturated rings. The number of carboxylic acid groups (broad SMARTS) is 1. The van der Waals surface area contributed by atoms with Crippen LogP contribution >= 0.6 is 0 Å². The number of aliphatic carboxylic acids is 1. The molecule has 1 saturated carbocycles. The maximum absolute atomic E-state index is 12.7. The molecule has 0 aliphatic heterocycles. The Morgan fingerprint density at radius 1 is 1.50 bits per heavy atom. The fraction of sp³-hybridized carbons (Fsp3) is 0.875. The molecule has 0 aromatic heterocycles. The van der Waals surface area contributed by atoms with Crippen molar-refractivity contribution in [2.45, 2.75) is 38.5 Å². The van der Waals surface area contributed by atoms with Gasteiger partial charge in [0.2, 0.25) is 5.92 Å². The zero-order valence-electron chi connectivity index (χ0n) is 6.94. The van der Waals surface area contributed by atoms with E-state index in [1.165, 1.54) is 0 Å². The lowest BCUT2D eigenvalue weighted by Gasteiger charge is -2.21. The van der Waals surface area contributed by atoms with Crippen molar-refractivity contribution in [2.75, 3.05) is 0 Å². The highest BCUT2D eigenvalue weighted by Gasteiger charge is 2.52. The van der Waals surface area contributed by atoms with E-state index >= 15 is 0 Å². The Balaban J connectivity index is 2.80. The zero-order valence-corrected chi connectivity index (χ0v) is 6.94. The highest BCUT2D eigenvalue weighted by molar-refractivity contribution is 5.75. The van der Waals surface area contributed by atoms with Crippen molar-refractivity contribution in [3.63, 3.8) is 0 Å². The highest BCUT2D eigenvalue weighted by atomic mass is 19.3. The van der Waals surface area contributed by atoms with E-state index in [0.717, 1.165) is 0 Å². The number of hydrogen-bond donors (Lipinski definition) is 1. The van der Waals surface area contributed by atoms with Gasteiger partial charge in [0.05, 0.1) is 5.41 Å². The minimum Gasteiger partial charge on any atom is -0.481 e. The standard InChI is InChI=1S/C8H12F2O2/c1-2-7(6(11)12)3-4-8(9,10)5-7/h2-5H2,1H3,(H,11,12). The molecule has 1 aliphatic rings. The van der Waals surface area contributed by atoms with Crippen LogP contribution < -0.4 is 0 Å². The second-order valence-corrected chi connectivity index (χ2v) is 3.47. The summed E-state index contributed by atoms with van der Waals surface area (Å²) in [6.07, 6.45) is -0.386. The van der Waals surface area contributed by atoms with E-state index < -0.39 is 23.7 Å². The molecule has 0 amide bonds. The smallest absolute Gasteiger partial charge is 0.309 e. The maximum Gasteiger partial charge on any atom is 0.309 e. The van der Waals surface area contributed by atoms with Gasteiger partial charge in [-0.3, -0.25) is 4.79 Å². The van der Waals surface area contributed by atoms with Gasteiger partial charge in [0.1, 0.15) is 0 Å². The predicted octanol–water partition coefficient (Wildman–Crippen LogP) is 2.29. The summed E-state index contributed by atoms with van der Waals surface area (Å²) in [5, 5.41) is 8.76. The maximum atomic E-state index is 12.7. The summed E-state index contributed by atoms with van der Waals surface area (Å²) in [4.78, 5) is 10.7. The molecule has 1 N–H and O–H groups in total. The lowest BCUT2D eigenvalue weighted by Crippen LogP contribution is -2.29. The molecular formula is C8H12F2O2. The Bertz CT molecular complexity index is 203. The number of carboxylic acids is 1. The molecule has 0 bridgehead atoms. The van der Waals surface area contributed by atoms with E-state index in [9.17, 15) is 13.6 Å². The van der Waals surface area contributed by atoms with Crippen molar-refractivity contribution in [3.05, 3.63) is 0 Å². The van der Waals surface area contributed by atoms with Crippen LogP contribution in [0.2, 0.25) is 0 Å². The number of rotatable bonds is 2. The minimum absolute atomic E-state index is 0.103. The van der Waals surface area contributed by atoms with Gasteiger partial charge < -0.3 is 5.11 Å². The van der Waals surface area contributed by atoms with Gasteiger partial charge in [-0.15, -0.1) is 0 Å². The summed E-state index contributed by atoms with van der Waals surface area (Å²) in [5.74, 6) is -3.85. The monoisotopic (exact) mass is 178 g/mol. The Morgan fingerprint density at radius 2 is 2.08 bits per heavy atom. The Hall–Kier alpha value is -0.670. The summed E-state index contributed by atoms with van der Waals surface area (Å²) < 4.78 is 25.4. The summed E-state index contributed by atoms with van der Waals surface area (Å²) in [5.41, 5.74) is -1.16. The quantitative estimate of drug-likeness (QED) is 0.704. The van der Waals surface area contributed by atoms with Crippen LogP contribution in [0.3, 0.4) is 0 Å². The average molecular weight is 178 g/mol. The molecule has 12 heavy (non-hydrogen) atoms. The molecule has 70 valence electrons. The van der Waals surface area contributed by atoms with Crippen molar-refractivity contribution in [2.24, 2.45) is 5.41 Å². The Labute approximate surface area is 69.6 Å². The van der Waals surface area contributed by atoms with Gasteiger partial charge in [0, 0.05) is 12.8 Å². The molecular weight excluding hydrogens is 166 g/mol. The molecule has 0 spiro atoms. The molecule has 0 aromatic rings. The SMILES string of the molecule is CCC1(C(=O)O)CCC(F)(F)C1. The van der Waals surface area contributed by atoms with E-state index in [4.69, 9.17) is 5.11 Å². The highest BCUT2D eigenvalue weighted by Crippen LogP contribution is 2.49. The summed E-state index contributed by atoms with van der Waals surface area (Å²) in [6, 6.07) is 0. The third-order valence-electron chi connectivity index (χ3n) is 2.70. The van der Waals surface area contributed by atoms with Crippen LogP contribution in [0.15, 0.2) is 0 Å².